The second kappa shape index (κ2) is 10.0. The molecular formula is C25H23N3O5S. The Kier molecular flexibility index (Phi) is 6.53. The number of benzene rings is 2. The van der Waals surface area contributed by atoms with E-state index >= 15 is 0 Å². The number of rotatable bonds is 9. The van der Waals surface area contributed by atoms with Gasteiger partial charge in [-0.2, -0.15) is 0 Å². The van der Waals surface area contributed by atoms with E-state index in [0.29, 0.717) is 39.9 Å². The predicted molar refractivity (Wildman–Crippen MR) is 128 cm³/mol. The second-order valence-corrected chi connectivity index (χ2v) is 8.76. The number of hydrogen-bond acceptors (Lipinski definition) is 7. The zero-order chi connectivity index (χ0) is 23.3. The first-order valence-electron chi connectivity index (χ1n) is 11.0. The van der Waals surface area contributed by atoms with Crippen LogP contribution in [0.3, 0.4) is 0 Å². The van der Waals surface area contributed by atoms with Crippen LogP contribution in [0.4, 0.5) is 0 Å². The smallest absolute Gasteiger partial charge is 0.262 e. The number of ether oxygens (including phenoxy) is 2. The summed E-state index contributed by atoms with van der Waals surface area (Å²) in [5, 5.41) is 3.80. The summed E-state index contributed by atoms with van der Waals surface area (Å²) in [6, 6.07) is 17.1. The van der Waals surface area contributed by atoms with Crippen molar-refractivity contribution in [2.75, 3.05) is 19.1 Å². The number of nitrogens with zero attached hydrogens (tertiary/aromatic N) is 2. The van der Waals surface area contributed by atoms with E-state index in [0.717, 1.165) is 12.8 Å². The molecule has 2 aromatic heterocycles. The van der Waals surface area contributed by atoms with Crippen LogP contribution in [0.15, 0.2) is 75.2 Å². The zero-order valence-corrected chi connectivity index (χ0v) is 19.2. The van der Waals surface area contributed by atoms with Crippen LogP contribution >= 0.6 is 11.8 Å². The molecule has 0 saturated carbocycles. The fourth-order valence-electron chi connectivity index (χ4n) is 3.74. The van der Waals surface area contributed by atoms with Crippen molar-refractivity contribution in [3.8, 4) is 11.5 Å². The van der Waals surface area contributed by atoms with E-state index in [1.54, 1.807) is 30.5 Å². The molecule has 0 fully saturated rings. The molecule has 1 amide bonds. The fraction of sp³-hybridized carbons (Fsp3) is 0.240. The topological polar surface area (TPSA) is 95.6 Å². The summed E-state index contributed by atoms with van der Waals surface area (Å²) in [5.41, 5.74) is 1.51. The Hall–Kier alpha value is -3.72. The average Bonchev–Trinajstić information content (AvgIpc) is 3.54. The first-order valence-corrected chi connectivity index (χ1v) is 12.0. The van der Waals surface area contributed by atoms with Crippen molar-refractivity contribution in [1.82, 2.24) is 14.9 Å². The average molecular weight is 478 g/mol. The Bertz CT molecular complexity index is 1350. The molecule has 4 aromatic rings. The van der Waals surface area contributed by atoms with E-state index < -0.39 is 0 Å². The molecule has 5 rings (SSSR count). The number of hydrogen-bond donors (Lipinski definition) is 1. The molecule has 2 aromatic carbocycles. The predicted octanol–water partition coefficient (Wildman–Crippen LogP) is 3.61. The molecule has 1 aliphatic rings. The standard InChI is InChI=1S/C25H23N3O5S/c29-23(26-10-4-8-17-6-2-1-3-7-17)15-34-25-27-20-13-22-21(32-16-33-22)12-19(20)24(30)28(25)14-18-9-5-11-31-18/h1-3,5-7,9,11-13H,4,8,10,14-16H2,(H,26,29). The van der Waals surface area contributed by atoms with Crippen molar-refractivity contribution in [2.24, 2.45) is 0 Å². The summed E-state index contributed by atoms with van der Waals surface area (Å²) < 4.78 is 17.8. The minimum absolute atomic E-state index is 0.109. The number of aryl methyl sites for hydroxylation is 1. The minimum Gasteiger partial charge on any atom is -0.467 e. The SMILES string of the molecule is O=C(CSc1nc2cc3c(cc2c(=O)n1Cc1ccco1)OCO3)NCCCc1ccccc1. The summed E-state index contributed by atoms with van der Waals surface area (Å²) >= 11 is 1.22. The molecule has 174 valence electrons. The quantitative estimate of drug-likeness (QED) is 0.224. The first kappa shape index (κ1) is 22.1. The Balaban J connectivity index is 1.30. The second-order valence-electron chi connectivity index (χ2n) is 7.82. The van der Waals surface area contributed by atoms with Gasteiger partial charge in [0, 0.05) is 12.6 Å². The number of amides is 1. The van der Waals surface area contributed by atoms with Gasteiger partial charge in [0.2, 0.25) is 12.7 Å². The van der Waals surface area contributed by atoms with Gasteiger partial charge >= 0.3 is 0 Å². The monoisotopic (exact) mass is 477 g/mol. The lowest BCUT2D eigenvalue weighted by atomic mass is 10.1. The summed E-state index contributed by atoms with van der Waals surface area (Å²) in [6.45, 7) is 0.907. The molecule has 8 nitrogen and oxygen atoms in total. The molecular weight excluding hydrogens is 454 g/mol. The van der Waals surface area contributed by atoms with Crippen molar-refractivity contribution in [3.63, 3.8) is 0 Å². The lowest BCUT2D eigenvalue weighted by molar-refractivity contribution is -0.118. The van der Waals surface area contributed by atoms with Crippen LogP contribution in [0.25, 0.3) is 10.9 Å². The van der Waals surface area contributed by atoms with Crippen LogP contribution in [0.2, 0.25) is 0 Å². The van der Waals surface area contributed by atoms with Gasteiger partial charge in [0.25, 0.3) is 5.56 Å². The van der Waals surface area contributed by atoms with E-state index in [2.05, 4.69) is 22.4 Å². The van der Waals surface area contributed by atoms with Crippen molar-refractivity contribution >= 4 is 28.6 Å². The number of furan rings is 1. The third-order valence-electron chi connectivity index (χ3n) is 5.45. The maximum atomic E-state index is 13.3. The third kappa shape index (κ3) is 4.94. The van der Waals surface area contributed by atoms with Crippen LogP contribution in [-0.4, -0.2) is 34.5 Å². The van der Waals surface area contributed by atoms with Gasteiger partial charge in [0.05, 0.1) is 29.5 Å². The van der Waals surface area contributed by atoms with Gasteiger partial charge in [-0.25, -0.2) is 4.98 Å². The van der Waals surface area contributed by atoms with Crippen molar-refractivity contribution in [2.45, 2.75) is 24.5 Å². The van der Waals surface area contributed by atoms with E-state index in [4.69, 9.17) is 13.9 Å². The molecule has 0 saturated heterocycles. The first-order chi connectivity index (χ1) is 16.7. The van der Waals surface area contributed by atoms with Gasteiger partial charge in [-0.15, -0.1) is 0 Å². The lowest BCUT2D eigenvalue weighted by Crippen LogP contribution is -2.28. The molecule has 1 N–H and O–H groups in total. The van der Waals surface area contributed by atoms with Crippen LogP contribution in [-0.2, 0) is 17.8 Å². The van der Waals surface area contributed by atoms with Crippen LogP contribution in [0.5, 0.6) is 11.5 Å². The molecule has 9 heteroatoms. The number of carbonyl (C=O) groups is 1. The molecule has 1 aliphatic heterocycles. The highest BCUT2D eigenvalue weighted by Gasteiger charge is 2.20. The normalized spacial score (nSPS) is 12.2. The molecule has 0 unspecified atom stereocenters. The highest BCUT2D eigenvalue weighted by Crippen LogP contribution is 2.35. The molecule has 0 aliphatic carbocycles. The van der Waals surface area contributed by atoms with Gasteiger partial charge in [0.1, 0.15) is 5.76 Å². The molecule has 0 atom stereocenters. The Morgan fingerprint density at radius 3 is 2.71 bits per heavy atom. The maximum absolute atomic E-state index is 13.3. The Morgan fingerprint density at radius 1 is 1.09 bits per heavy atom. The number of aromatic nitrogens is 2. The number of fused-ring (bicyclic) bond motifs is 2. The zero-order valence-electron chi connectivity index (χ0n) is 18.4. The van der Waals surface area contributed by atoms with Crippen molar-refractivity contribution in [3.05, 3.63) is 82.5 Å². The highest BCUT2D eigenvalue weighted by atomic mass is 32.2. The highest BCUT2D eigenvalue weighted by molar-refractivity contribution is 7.99. The van der Waals surface area contributed by atoms with E-state index in [-0.39, 0.29) is 30.6 Å². The molecule has 0 spiro atoms. The van der Waals surface area contributed by atoms with Crippen LogP contribution in [0.1, 0.15) is 17.7 Å². The number of thioether (sulfide) groups is 1. The molecule has 3 heterocycles. The third-order valence-corrected chi connectivity index (χ3v) is 6.42. The number of carbonyl (C=O) groups excluding carboxylic acids is 1. The molecule has 0 bridgehead atoms. The number of nitrogens with one attached hydrogen (secondary N) is 1. The largest absolute Gasteiger partial charge is 0.467 e. The summed E-state index contributed by atoms with van der Waals surface area (Å²) in [6.07, 6.45) is 3.31. The van der Waals surface area contributed by atoms with Crippen LogP contribution in [0, 0.1) is 0 Å². The minimum atomic E-state index is -0.231. The summed E-state index contributed by atoms with van der Waals surface area (Å²) in [5.74, 6) is 1.73. The molecule has 0 radical (unpaired) electrons. The van der Waals surface area contributed by atoms with E-state index in [1.165, 1.54) is 21.9 Å². The van der Waals surface area contributed by atoms with Gasteiger partial charge in [0.15, 0.2) is 16.7 Å². The van der Waals surface area contributed by atoms with Crippen molar-refractivity contribution < 1.29 is 18.7 Å². The molecule has 34 heavy (non-hydrogen) atoms. The summed E-state index contributed by atoms with van der Waals surface area (Å²) in [4.78, 5) is 30.5. The maximum Gasteiger partial charge on any atom is 0.262 e. The van der Waals surface area contributed by atoms with E-state index in [1.807, 2.05) is 18.2 Å². The van der Waals surface area contributed by atoms with Gasteiger partial charge < -0.3 is 19.2 Å². The Morgan fingerprint density at radius 2 is 1.91 bits per heavy atom. The van der Waals surface area contributed by atoms with Crippen LogP contribution < -0.4 is 20.3 Å². The Labute approximate surface area is 199 Å². The summed E-state index contributed by atoms with van der Waals surface area (Å²) in [7, 11) is 0. The van der Waals surface area contributed by atoms with Crippen molar-refractivity contribution in [1.29, 1.82) is 0 Å². The lowest BCUT2D eigenvalue weighted by Gasteiger charge is -2.12. The van der Waals surface area contributed by atoms with Gasteiger partial charge in [-0.05, 0) is 36.6 Å². The van der Waals surface area contributed by atoms with Gasteiger partial charge in [-0.1, -0.05) is 42.1 Å². The fourth-order valence-corrected chi connectivity index (χ4v) is 4.57. The van der Waals surface area contributed by atoms with E-state index in [9.17, 15) is 9.59 Å². The van der Waals surface area contributed by atoms with Gasteiger partial charge in [-0.3, -0.25) is 14.2 Å².